The Morgan fingerprint density at radius 3 is 2.88 bits per heavy atom. The van der Waals surface area contributed by atoms with E-state index in [0.717, 1.165) is 0 Å². The normalized spacial score (nSPS) is 25.6. The molecule has 0 aromatic carbocycles. The molecule has 0 amide bonds. The molecule has 2 heteroatoms. The summed E-state index contributed by atoms with van der Waals surface area (Å²) in [6.45, 7) is 6.95. The molecule has 1 aromatic heterocycles. The van der Waals surface area contributed by atoms with E-state index < -0.39 is 0 Å². The molecule has 1 fully saturated rings. The smallest absolute Gasteiger partial charge is 0.0315 e. The lowest BCUT2D eigenvalue weighted by atomic mass is 9.91. The largest absolute Gasteiger partial charge is 0.307 e. The number of hydrogen-bond donors (Lipinski definition) is 1. The summed E-state index contributed by atoms with van der Waals surface area (Å²) in [5.41, 5.74) is 1.80. The zero-order valence-electron chi connectivity index (χ0n) is 10.5. The molecule has 1 aromatic rings. The van der Waals surface area contributed by atoms with Crippen molar-refractivity contribution in [3.63, 3.8) is 0 Å². The maximum Gasteiger partial charge on any atom is 0.0315 e. The molecule has 0 radical (unpaired) electrons. The minimum atomic E-state index is 0.410. The third-order valence-corrected chi connectivity index (χ3v) is 3.64. The lowest BCUT2D eigenvalue weighted by Gasteiger charge is -2.21. The highest BCUT2D eigenvalue weighted by Gasteiger charge is 2.31. The van der Waals surface area contributed by atoms with E-state index in [4.69, 9.17) is 0 Å². The number of rotatable bonds is 3. The summed E-state index contributed by atoms with van der Waals surface area (Å²) < 4.78 is 0. The van der Waals surface area contributed by atoms with Crippen LogP contribution < -0.4 is 5.32 Å². The molecule has 0 bridgehead atoms. The van der Waals surface area contributed by atoms with E-state index in [1.807, 2.05) is 18.5 Å². The molecule has 2 unspecified atom stereocenters. The fourth-order valence-corrected chi connectivity index (χ4v) is 2.66. The second-order valence-corrected chi connectivity index (χ2v) is 5.78. The van der Waals surface area contributed by atoms with Gasteiger partial charge in [0.2, 0.25) is 0 Å². The molecule has 1 aliphatic rings. The molecular formula is C14H22N2. The minimum Gasteiger partial charge on any atom is -0.307 e. The monoisotopic (exact) mass is 218 g/mol. The third-order valence-electron chi connectivity index (χ3n) is 3.64. The van der Waals surface area contributed by atoms with Crippen LogP contribution in [-0.2, 0) is 0 Å². The van der Waals surface area contributed by atoms with Gasteiger partial charge in [0.05, 0.1) is 0 Å². The zero-order chi connectivity index (χ0) is 11.6. The van der Waals surface area contributed by atoms with Crippen molar-refractivity contribution in [3.05, 3.63) is 30.1 Å². The Balaban J connectivity index is 1.91. The van der Waals surface area contributed by atoms with Crippen molar-refractivity contribution >= 4 is 0 Å². The lowest BCUT2D eigenvalue weighted by Crippen LogP contribution is -2.30. The molecular weight excluding hydrogens is 196 g/mol. The highest BCUT2D eigenvalue weighted by atomic mass is 15.0. The molecule has 1 aliphatic carbocycles. The summed E-state index contributed by atoms with van der Waals surface area (Å²) in [6.07, 6.45) is 7.71. The quantitative estimate of drug-likeness (QED) is 0.842. The van der Waals surface area contributed by atoms with Gasteiger partial charge in [0.15, 0.2) is 0 Å². The number of nitrogens with zero attached hydrogens (tertiary/aromatic N) is 1. The van der Waals surface area contributed by atoms with E-state index in [1.54, 1.807) is 0 Å². The van der Waals surface area contributed by atoms with E-state index in [1.165, 1.54) is 24.8 Å². The fraction of sp³-hybridized carbons (Fsp3) is 0.643. The summed E-state index contributed by atoms with van der Waals surface area (Å²) >= 11 is 0. The summed E-state index contributed by atoms with van der Waals surface area (Å²) in [4.78, 5) is 4.17. The highest BCUT2D eigenvalue weighted by molar-refractivity contribution is 5.13. The van der Waals surface area contributed by atoms with E-state index >= 15 is 0 Å². The van der Waals surface area contributed by atoms with Crippen molar-refractivity contribution in [2.75, 3.05) is 0 Å². The zero-order valence-corrected chi connectivity index (χ0v) is 10.5. The van der Waals surface area contributed by atoms with E-state index in [2.05, 4.69) is 37.1 Å². The van der Waals surface area contributed by atoms with Crippen LogP contribution in [0.25, 0.3) is 0 Å². The third kappa shape index (κ3) is 2.82. The number of hydrogen-bond acceptors (Lipinski definition) is 2. The summed E-state index contributed by atoms with van der Waals surface area (Å²) in [5, 5.41) is 3.71. The second-order valence-electron chi connectivity index (χ2n) is 5.78. The molecule has 2 rings (SSSR count). The predicted molar refractivity (Wildman–Crippen MR) is 67.2 cm³/mol. The molecule has 2 atom stereocenters. The van der Waals surface area contributed by atoms with Gasteiger partial charge in [-0.15, -0.1) is 0 Å². The molecule has 1 saturated carbocycles. The molecule has 2 nitrogen and oxygen atoms in total. The van der Waals surface area contributed by atoms with Crippen LogP contribution in [0.2, 0.25) is 0 Å². The van der Waals surface area contributed by atoms with Gasteiger partial charge >= 0.3 is 0 Å². The van der Waals surface area contributed by atoms with Gasteiger partial charge in [-0.3, -0.25) is 4.98 Å². The maximum atomic E-state index is 4.17. The second kappa shape index (κ2) is 4.54. The minimum absolute atomic E-state index is 0.410. The van der Waals surface area contributed by atoms with Gasteiger partial charge in [0.1, 0.15) is 0 Å². The van der Waals surface area contributed by atoms with Crippen LogP contribution in [0.1, 0.15) is 51.6 Å². The molecule has 0 saturated heterocycles. The highest BCUT2D eigenvalue weighted by Crippen LogP contribution is 2.37. The standard InChI is InChI=1S/C14H22N2/c1-11(12-5-4-8-15-10-12)16-13-6-7-14(2,3)9-13/h4-5,8,10-11,13,16H,6-7,9H2,1-3H3. The number of pyridine rings is 1. The molecule has 1 N–H and O–H groups in total. The van der Waals surface area contributed by atoms with E-state index in [9.17, 15) is 0 Å². The lowest BCUT2D eigenvalue weighted by molar-refractivity contribution is 0.356. The number of aromatic nitrogens is 1. The van der Waals surface area contributed by atoms with Crippen LogP contribution in [0.5, 0.6) is 0 Å². The summed E-state index contributed by atoms with van der Waals surface area (Å²) in [5.74, 6) is 0. The first-order valence-corrected chi connectivity index (χ1v) is 6.23. The van der Waals surface area contributed by atoms with Gasteiger partial charge < -0.3 is 5.32 Å². The van der Waals surface area contributed by atoms with Crippen molar-refractivity contribution < 1.29 is 0 Å². The molecule has 1 heterocycles. The maximum absolute atomic E-state index is 4.17. The molecule has 16 heavy (non-hydrogen) atoms. The summed E-state index contributed by atoms with van der Waals surface area (Å²) in [6, 6.07) is 5.23. The first-order chi connectivity index (χ1) is 7.57. The van der Waals surface area contributed by atoms with Crippen molar-refractivity contribution in [3.8, 4) is 0 Å². The average Bonchev–Trinajstić information content (AvgIpc) is 2.59. The Kier molecular flexibility index (Phi) is 3.29. The van der Waals surface area contributed by atoms with E-state index in [-0.39, 0.29) is 0 Å². The average molecular weight is 218 g/mol. The predicted octanol–water partition coefficient (Wildman–Crippen LogP) is 3.31. The van der Waals surface area contributed by atoms with Crippen LogP contribution in [0.4, 0.5) is 0 Å². The van der Waals surface area contributed by atoms with Crippen molar-refractivity contribution in [2.24, 2.45) is 5.41 Å². The first kappa shape index (κ1) is 11.6. The Hall–Kier alpha value is -0.890. The van der Waals surface area contributed by atoms with Gasteiger partial charge in [0, 0.05) is 24.5 Å². The Morgan fingerprint density at radius 2 is 2.31 bits per heavy atom. The van der Waals surface area contributed by atoms with Crippen LogP contribution in [0, 0.1) is 5.41 Å². The number of nitrogens with one attached hydrogen (secondary N) is 1. The fourth-order valence-electron chi connectivity index (χ4n) is 2.66. The molecule has 0 spiro atoms. The van der Waals surface area contributed by atoms with Gasteiger partial charge in [-0.05, 0) is 43.2 Å². The van der Waals surface area contributed by atoms with Gasteiger partial charge in [0.25, 0.3) is 0 Å². The van der Waals surface area contributed by atoms with E-state index in [0.29, 0.717) is 17.5 Å². The van der Waals surface area contributed by atoms with Gasteiger partial charge in [-0.1, -0.05) is 19.9 Å². The Labute approximate surface area is 98.5 Å². The Bertz CT molecular complexity index is 332. The van der Waals surface area contributed by atoms with Crippen LogP contribution in [-0.4, -0.2) is 11.0 Å². The topological polar surface area (TPSA) is 24.9 Å². The van der Waals surface area contributed by atoms with Crippen LogP contribution in [0.3, 0.4) is 0 Å². The van der Waals surface area contributed by atoms with Crippen LogP contribution in [0.15, 0.2) is 24.5 Å². The van der Waals surface area contributed by atoms with Crippen molar-refractivity contribution in [1.29, 1.82) is 0 Å². The van der Waals surface area contributed by atoms with Crippen molar-refractivity contribution in [1.82, 2.24) is 10.3 Å². The molecule has 0 aliphatic heterocycles. The van der Waals surface area contributed by atoms with Crippen LogP contribution >= 0.6 is 0 Å². The molecule has 88 valence electrons. The SMILES string of the molecule is CC(NC1CCC(C)(C)C1)c1cccnc1. The first-order valence-electron chi connectivity index (χ1n) is 6.23. The summed E-state index contributed by atoms with van der Waals surface area (Å²) in [7, 11) is 0. The Morgan fingerprint density at radius 1 is 1.50 bits per heavy atom. The van der Waals surface area contributed by atoms with Gasteiger partial charge in [-0.25, -0.2) is 0 Å². The van der Waals surface area contributed by atoms with Crippen molar-refractivity contribution in [2.45, 2.75) is 52.1 Å². The van der Waals surface area contributed by atoms with Gasteiger partial charge in [-0.2, -0.15) is 0 Å².